The van der Waals surface area contributed by atoms with E-state index in [1.807, 2.05) is 12.4 Å². The Kier molecular flexibility index (Phi) is 4.76. The van der Waals surface area contributed by atoms with Crippen LogP contribution in [0.3, 0.4) is 0 Å². The average Bonchev–Trinajstić information content (AvgIpc) is 2.38. The third-order valence-corrected chi connectivity index (χ3v) is 4.39. The van der Waals surface area contributed by atoms with Crippen LogP contribution in [0.25, 0.3) is 0 Å². The Morgan fingerprint density at radius 1 is 1.39 bits per heavy atom. The van der Waals surface area contributed by atoms with E-state index in [1.165, 1.54) is 36.8 Å². The minimum absolute atomic E-state index is 0.700. The fourth-order valence-corrected chi connectivity index (χ4v) is 2.95. The molecule has 18 heavy (non-hydrogen) atoms. The molecule has 1 aromatic heterocycles. The molecule has 0 bridgehead atoms. The predicted molar refractivity (Wildman–Crippen MR) is 76.4 cm³/mol. The van der Waals surface area contributed by atoms with Gasteiger partial charge in [0.25, 0.3) is 0 Å². The zero-order valence-corrected chi connectivity index (χ0v) is 11.9. The second-order valence-corrected chi connectivity index (χ2v) is 6.05. The highest BCUT2D eigenvalue weighted by atomic mass is 14.9. The molecule has 0 aliphatic heterocycles. The summed E-state index contributed by atoms with van der Waals surface area (Å²) in [5.74, 6) is 1.74. The predicted octanol–water partition coefficient (Wildman–Crippen LogP) is 3.69. The van der Waals surface area contributed by atoms with Gasteiger partial charge in [-0.25, -0.2) is 0 Å². The molecule has 0 amide bonds. The summed E-state index contributed by atoms with van der Waals surface area (Å²) in [5.41, 5.74) is 2.68. The average molecular weight is 246 g/mol. The van der Waals surface area contributed by atoms with Crippen LogP contribution in [-0.4, -0.2) is 11.0 Å². The molecule has 2 unspecified atom stereocenters. The minimum Gasteiger partial charge on any atom is -0.310 e. The summed E-state index contributed by atoms with van der Waals surface area (Å²) in [6.07, 6.45) is 9.34. The second kappa shape index (κ2) is 6.33. The number of rotatable bonds is 4. The molecule has 0 spiro atoms. The summed E-state index contributed by atoms with van der Waals surface area (Å²) >= 11 is 0. The topological polar surface area (TPSA) is 24.9 Å². The number of hydrogen-bond donors (Lipinski definition) is 1. The Morgan fingerprint density at radius 3 is 2.94 bits per heavy atom. The highest BCUT2D eigenvalue weighted by Gasteiger charge is 2.23. The highest BCUT2D eigenvalue weighted by molar-refractivity contribution is 5.21. The number of pyridine rings is 1. The van der Waals surface area contributed by atoms with Crippen molar-refractivity contribution in [3.05, 3.63) is 29.6 Å². The maximum Gasteiger partial charge on any atom is 0.0315 e. The molecular formula is C16H26N2. The van der Waals surface area contributed by atoms with Crippen LogP contribution in [0, 0.1) is 18.8 Å². The lowest BCUT2D eigenvalue weighted by Crippen LogP contribution is -2.35. The van der Waals surface area contributed by atoms with Gasteiger partial charge in [-0.3, -0.25) is 4.98 Å². The standard InChI is InChI=1S/C16H26N2/c1-12(2)14-5-4-6-16(9-14)18-11-15-10-17-8-7-13(15)3/h7-8,10,12,14,16,18H,4-6,9,11H2,1-3H3. The maximum absolute atomic E-state index is 4.21. The molecule has 1 heterocycles. The molecule has 1 saturated carbocycles. The van der Waals surface area contributed by atoms with Gasteiger partial charge in [-0.1, -0.05) is 26.7 Å². The van der Waals surface area contributed by atoms with Crippen LogP contribution in [0.5, 0.6) is 0 Å². The zero-order valence-electron chi connectivity index (χ0n) is 11.9. The Labute approximate surface area is 111 Å². The monoisotopic (exact) mass is 246 g/mol. The van der Waals surface area contributed by atoms with Crippen LogP contribution in [0.15, 0.2) is 18.5 Å². The van der Waals surface area contributed by atoms with Crippen LogP contribution in [0.2, 0.25) is 0 Å². The third-order valence-electron chi connectivity index (χ3n) is 4.39. The maximum atomic E-state index is 4.21. The van der Waals surface area contributed by atoms with Gasteiger partial charge in [0.2, 0.25) is 0 Å². The van der Waals surface area contributed by atoms with Gasteiger partial charge in [0, 0.05) is 25.0 Å². The summed E-state index contributed by atoms with van der Waals surface area (Å²) < 4.78 is 0. The van der Waals surface area contributed by atoms with Gasteiger partial charge in [0.15, 0.2) is 0 Å². The van der Waals surface area contributed by atoms with E-state index in [0.29, 0.717) is 6.04 Å². The van der Waals surface area contributed by atoms with E-state index in [1.54, 1.807) is 0 Å². The van der Waals surface area contributed by atoms with Gasteiger partial charge < -0.3 is 5.32 Å². The van der Waals surface area contributed by atoms with E-state index in [2.05, 4.69) is 37.1 Å². The smallest absolute Gasteiger partial charge is 0.0315 e. The lowest BCUT2D eigenvalue weighted by molar-refractivity contribution is 0.230. The summed E-state index contributed by atoms with van der Waals surface area (Å²) in [6.45, 7) is 7.85. The number of aryl methyl sites for hydroxylation is 1. The van der Waals surface area contributed by atoms with Gasteiger partial charge in [0.05, 0.1) is 0 Å². The first-order valence-corrected chi connectivity index (χ1v) is 7.29. The Hall–Kier alpha value is -0.890. The Morgan fingerprint density at radius 2 is 2.22 bits per heavy atom. The molecular weight excluding hydrogens is 220 g/mol. The van der Waals surface area contributed by atoms with Gasteiger partial charge in [-0.2, -0.15) is 0 Å². The van der Waals surface area contributed by atoms with Gasteiger partial charge in [0.1, 0.15) is 0 Å². The molecule has 0 saturated heterocycles. The second-order valence-electron chi connectivity index (χ2n) is 6.05. The van der Waals surface area contributed by atoms with E-state index >= 15 is 0 Å². The molecule has 2 heteroatoms. The van der Waals surface area contributed by atoms with E-state index in [0.717, 1.165) is 18.4 Å². The van der Waals surface area contributed by atoms with E-state index in [4.69, 9.17) is 0 Å². The molecule has 2 atom stereocenters. The van der Waals surface area contributed by atoms with Crippen LogP contribution in [0.4, 0.5) is 0 Å². The van der Waals surface area contributed by atoms with Crippen LogP contribution >= 0.6 is 0 Å². The molecule has 1 aromatic rings. The summed E-state index contributed by atoms with van der Waals surface area (Å²) in [4.78, 5) is 4.21. The molecule has 1 aliphatic rings. The van der Waals surface area contributed by atoms with Gasteiger partial charge in [-0.15, -0.1) is 0 Å². The SMILES string of the molecule is Cc1ccncc1CNC1CCCC(C(C)C)C1. The third kappa shape index (κ3) is 3.55. The normalized spacial score (nSPS) is 24.4. The Bertz CT molecular complexity index is 373. The molecule has 2 rings (SSSR count). The van der Waals surface area contributed by atoms with E-state index < -0.39 is 0 Å². The van der Waals surface area contributed by atoms with Crippen molar-refractivity contribution in [3.63, 3.8) is 0 Å². The van der Waals surface area contributed by atoms with Crippen molar-refractivity contribution in [2.24, 2.45) is 11.8 Å². The summed E-state index contributed by atoms with van der Waals surface area (Å²) in [7, 11) is 0. The summed E-state index contributed by atoms with van der Waals surface area (Å²) in [6, 6.07) is 2.79. The number of nitrogens with one attached hydrogen (secondary N) is 1. The quantitative estimate of drug-likeness (QED) is 0.876. The molecule has 1 aliphatic carbocycles. The highest BCUT2D eigenvalue weighted by Crippen LogP contribution is 2.30. The van der Waals surface area contributed by atoms with E-state index in [9.17, 15) is 0 Å². The fraction of sp³-hybridized carbons (Fsp3) is 0.688. The lowest BCUT2D eigenvalue weighted by Gasteiger charge is -2.32. The molecule has 0 radical (unpaired) electrons. The summed E-state index contributed by atoms with van der Waals surface area (Å²) in [5, 5.41) is 3.72. The van der Waals surface area contributed by atoms with Crippen molar-refractivity contribution >= 4 is 0 Å². The Balaban J connectivity index is 1.85. The molecule has 2 nitrogen and oxygen atoms in total. The van der Waals surface area contributed by atoms with Crippen LogP contribution in [-0.2, 0) is 6.54 Å². The van der Waals surface area contributed by atoms with Crippen LogP contribution < -0.4 is 5.32 Å². The van der Waals surface area contributed by atoms with Crippen molar-refractivity contribution in [3.8, 4) is 0 Å². The number of hydrogen-bond acceptors (Lipinski definition) is 2. The van der Waals surface area contributed by atoms with E-state index in [-0.39, 0.29) is 0 Å². The first-order valence-electron chi connectivity index (χ1n) is 7.29. The first-order chi connectivity index (χ1) is 8.66. The zero-order chi connectivity index (χ0) is 13.0. The molecule has 100 valence electrons. The van der Waals surface area contributed by atoms with Gasteiger partial charge >= 0.3 is 0 Å². The van der Waals surface area contributed by atoms with Crippen molar-refractivity contribution in [1.82, 2.24) is 10.3 Å². The molecule has 1 fully saturated rings. The van der Waals surface area contributed by atoms with Crippen molar-refractivity contribution in [1.29, 1.82) is 0 Å². The largest absolute Gasteiger partial charge is 0.310 e. The first kappa shape index (κ1) is 13.5. The number of aromatic nitrogens is 1. The fourth-order valence-electron chi connectivity index (χ4n) is 2.95. The van der Waals surface area contributed by atoms with Crippen molar-refractivity contribution in [2.45, 2.75) is 59.0 Å². The number of nitrogens with zero attached hydrogens (tertiary/aromatic N) is 1. The lowest BCUT2D eigenvalue weighted by atomic mass is 9.79. The van der Waals surface area contributed by atoms with Crippen LogP contribution in [0.1, 0.15) is 50.7 Å². The molecule has 1 N–H and O–H groups in total. The molecule has 0 aromatic carbocycles. The minimum atomic E-state index is 0.700. The van der Waals surface area contributed by atoms with Crippen molar-refractivity contribution in [2.75, 3.05) is 0 Å². The van der Waals surface area contributed by atoms with Crippen molar-refractivity contribution < 1.29 is 0 Å². The van der Waals surface area contributed by atoms with Gasteiger partial charge in [-0.05, 0) is 48.8 Å².